The molecule has 20 heavy (non-hydrogen) atoms. The third kappa shape index (κ3) is 3.82. The minimum absolute atomic E-state index is 0.0913. The summed E-state index contributed by atoms with van der Waals surface area (Å²) in [5, 5.41) is 9.85. The molecule has 1 aliphatic rings. The number of nitrogens with zero attached hydrogens (tertiary/aromatic N) is 2. The molecule has 2 rings (SSSR count). The molecule has 1 heterocycles. The van der Waals surface area contributed by atoms with Crippen LogP contribution in [0.2, 0.25) is 5.15 Å². The van der Waals surface area contributed by atoms with Crippen LogP contribution >= 0.6 is 11.6 Å². The van der Waals surface area contributed by atoms with Crippen molar-refractivity contribution in [1.29, 1.82) is 0 Å². The number of hydrogen-bond donors (Lipinski definition) is 1. The first kappa shape index (κ1) is 15.0. The number of halogens is 4. The van der Waals surface area contributed by atoms with Gasteiger partial charge in [0.1, 0.15) is 0 Å². The van der Waals surface area contributed by atoms with E-state index in [2.05, 4.69) is 15.5 Å². The van der Waals surface area contributed by atoms with E-state index in [1.165, 1.54) is 12.1 Å². The van der Waals surface area contributed by atoms with Crippen LogP contribution in [-0.4, -0.2) is 22.3 Å². The van der Waals surface area contributed by atoms with Gasteiger partial charge in [-0.15, -0.1) is 10.2 Å². The zero-order chi connectivity index (χ0) is 14.8. The van der Waals surface area contributed by atoms with Crippen LogP contribution in [0.4, 0.5) is 19.0 Å². The fraction of sp³-hybridized carbons (Fsp3) is 0.583. The standard InChI is InChI=1S/C12H13ClF3N3O/c13-9-4-5-10(19-18-9)17-11(20)7-2-1-3-8(6-7)12(14,15)16/h4-5,7-8H,1-3,6H2,(H,17,19,20). The van der Waals surface area contributed by atoms with E-state index in [-0.39, 0.29) is 23.8 Å². The molecule has 0 spiro atoms. The molecule has 1 aromatic heterocycles. The molecule has 1 N–H and O–H groups in total. The van der Waals surface area contributed by atoms with Crippen LogP contribution in [0.5, 0.6) is 0 Å². The molecule has 0 saturated heterocycles. The van der Waals surface area contributed by atoms with E-state index in [1.807, 2.05) is 0 Å². The molecular formula is C12H13ClF3N3O. The molecule has 1 aromatic rings. The highest BCUT2D eigenvalue weighted by molar-refractivity contribution is 6.29. The number of aromatic nitrogens is 2. The maximum absolute atomic E-state index is 12.7. The first-order chi connectivity index (χ1) is 9.36. The summed E-state index contributed by atoms with van der Waals surface area (Å²) in [6, 6.07) is 2.90. The summed E-state index contributed by atoms with van der Waals surface area (Å²) in [6.07, 6.45) is -3.46. The summed E-state index contributed by atoms with van der Waals surface area (Å²) in [4.78, 5) is 11.9. The second-order valence-electron chi connectivity index (χ2n) is 4.83. The third-order valence-electron chi connectivity index (χ3n) is 3.39. The average Bonchev–Trinajstić information content (AvgIpc) is 2.40. The Bertz CT molecular complexity index is 478. The molecule has 0 radical (unpaired) electrons. The predicted molar refractivity (Wildman–Crippen MR) is 67.2 cm³/mol. The molecular weight excluding hydrogens is 295 g/mol. The second-order valence-corrected chi connectivity index (χ2v) is 5.22. The van der Waals surface area contributed by atoms with E-state index in [0.29, 0.717) is 12.8 Å². The van der Waals surface area contributed by atoms with Crippen LogP contribution < -0.4 is 5.32 Å². The quantitative estimate of drug-likeness (QED) is 0.910. The Morgan fingerprint density at radius 2 is 2.05 bits per heavy atom. The van der Waals surface area contributed by atoms with Crippen molar-refractivity contribution in [3.8, 4) is 0 Å². The Morgan fingerprint density at radius 1 is 1.30 bits per heavy atom. The normalized spacial score (nSPS) is 23.4. The topological polar surface area (TPSA) is 54.9 Å². The van der Waals surface area contributed by atoms with Crippen molar-refractivity contribution in [2.24, 2.45) is 11.8 Å². The van der Waals surface area contributed by atoms with E-state index in [0.717, 1.165) is 0 Å². The van der Waals surface area contributed by atoms with Gasteiger partial charge >= 0.3 is 6.18 Å². The van der Waals surface area contributed by atoms with Gasteiger partial charge in [0, 0.05) is 5.92 Å². The van der Waals surface area contributed by atoms with Gasteiger partial charge in [0.05, 0.1) is 5.92 Å². The van der Waals surface area contributed by atoms with Gasteiger partial charge in [-0.25, -0.2) is 0 Å². The lowest BCUT2D eigenvalue weighted by Gasteiger charge is -2.29. The molecule has 8 heteroatoms. The van der Waals surface area contributed by atoms with Gasteiger partial charge in [-0.1, -0.05) is 18.0 Å². The minimum Gasteiger partial charge on any atom is -0.309 e. The lowest BCUT2D eigenvalue weighted by atomic mass is 9.80. The summed E-state index contributed by atoms with van der Waals surface area (Å²) in [5.41, 5.74) is 0. The van der Waals surface area contributed by atoms with E-state index in [4.69, 9.17) is 11.6 Å². The lowest BCUT2D eigenvalue weighted by Crippen LogP contribution is -2.34. The number of carbonyl (C=O) groups is 1. The highest BCUT2D eigenvalue weighted by Crippen LogP contribution is 2.40. The van der Waals surface area contributed by atoms with Crippen LogP contribution in [0.3, 0.4) is 0 Å². The fourth-order valence-electron chi connectivity index (χ4n) is 2.34. The zero-order valence-electron chi connectivity index (χ0n) is 10.5. The van der Waals surface area contributed by atoms with E-state index in [9.17, 15) is 18.0 Å². The maximum Gasteiger partial charge on any atom is 0.391 e. The van der Waals surface area contributed by atoms with Crippen LogP contribution in [0.25, 0.3) is 0 Å². The Balaban J connectivity index is 1.97. The number of rotatable bonds is 2. The molecule has 1 amide bonds. The zero-order valence-corrected chi connectivity index (χ0v) is 11.2. The van der Waals surface area contributed by atoms with Crippen molar-refractivity contribution in [3.63, 3.8) is 0 Å². The van der Waals surface area contributed by atoms with Crippen molar-refractivity contribution < 1.29 is 18.0 Å². The first-order valence-corrected chi connectivity index (χ1v) is 6.61. The van der Waals surface area contributed by atoms with Crippen molar-refractivity contribution in [2.75, 3.05) is 5.32 Å². The molecule has 0 aromatic carbocycles. The van der Waals surface area contributed by atoms with Gasteiger partial charge in [0.15, 0.2) is 11.0 Å². The molecule has 1 aliphatic carbocycles. The fourth-order valence-corrected chi connectivity index (χ4v) is 2.44. The third-order valence-corrected chi connectivity index (χ3v) is 3.59. The van der Waals surface area contributed by atoms with Gasteiger partial charge in [-0.3, -0.25) is 4.79 Å². The Hall–Kier alpha value is -1.37. The van der Waals surface area contributed by atoms with E-state index in [1.54, 1.807) is 0 Å². The molecule has 110 valence electrons. The average molecular weight is 308 g/mol. The summed E-state index contributed by atoms with van der Waals surface area (Å²) < 4.78 is 38.0. The number of carbonyl (C=O) groups excluding carboxylic acids is 1. The molecule has 1 fully saturated rings. The van der Waals surface area contributed by atoms with Crippen LogP contribution in [-0.2, 0) is 4.79 Å². The SMILES string of the molecule is O=C(Nc1ccc(Cl)nn1)C1CCCC(C(F)(F)F)C1. The molecule has 2 unspecified atom stereocenters. The lowest BCUT2D eigenvalue weighted by molar-refractivity contribution is -0.185. The van der Waals surface area contributed by atoms with Gasteiger partial charge in [-0.2, -0.15) is 13.2 Å². The number of alkyl halides is 3. The molecule has 2 atom stereocenters. The number of anilines is 1. The van der Waals surface area contributed by atoms with Gasteiger partial charge < -0.3 is 5.32 Å². The van der Waals surface area contributed by atoms with Crippen molar-refractivity contribution in [1.82, 2.24) is 10.2 Å². The summed E-state index contributed by atoms with van der Waals surface area (Å²) in [7, 11) is 0. The highest BCUT2D eigenvalue weighted by Gasteiger charge is 2.43. The summed E-state index contributed by atoms with van der Waals surface area (Å²) >= 11 is 5.55. The largest absolute Gasteiger partial charge is 0.391 e. The summed E-state index contributed by atoms with van der Waals surface area (Å²) in [5.74, 6) is -2.31. The van der Waals surface area contributed by atoms with Crippen molar-refractivity contribution in [2.45, 2.75) is 31.9 Å². The number of hydrogen-bond acceptors (Lipinski definition) is 3. The maximum atomic E-state index is 12.7. The summed E-state index contributed by atoms with van der Waals surface area (Å²) in [6.45, 7) is 0. The molecule has 4 nitrogen and oxygen atoms in total. The van der Waals surface area contributed by atoms with Gasteiger partial charge in [0.25, 0.3) is 0 Å². The number of amides is 1. The van der Waals surface area contributed by atoms with Crippen molar-refractivity contribution in [3.05, 3.63) is 17.3 Å². The Morgan fingerprint density at radius 3 is 2.65 bits per heavy atom. The predicted octanol–water partition coefficient (Wildman–Crippen LogP) is 3.44. The van der Waals surface area contributed by atoms with Crippen molar-refractivity contribution >= 4 is 23.3 Å². The van der Waals surface area contributed by atoms with Crippen LogP contribution in [0.1, 0.15) is 25.7 Å². The second kappa shape index (κ2) is 5.95. The van der Waals surface area contributed by atoms with Crippen LogP contribution in [0, 0.1) is 11.8 Å². The van der Waals surface area contributed by atoms with Crippen LogP contribution in [0.15, 0.2) is 12.1 Å². The smallest absolute Gasteiger partial charge is 0.309 e. The van der Waals surface area contributed by atoms with E-state index < -0.39 is 23.9 Å². The van der Waals surface area contributed by atoms with Gasteiger partial charge in [0.2, 0.25) is 5.91 Å². The van der Waals surface area contributed by atoms with Gasteiger partial charge in [-0.05, 0) is 31.4 Å². The number of nitrogens with one attached hydrogen (secondary N) is 1. The monoisotopic (exact) mass is 307 g/mol. The molecule has 0 bridgehead atoms. The highest BCUT2D eigenvalue weighted by atomic mass is 35.5. The first-order valence-electron chi connectivity index (χ1n) is 6.23. The molecule has 1 saturated carbocycles. The Kier molecular flexibility index (Phi) is 4.47. The van der Waals surface area contributed by atoms with E-state index >= 15 is 0 Å². The molecule has 0 aliphatic heterocycles. The minimum atomic E-state index is -4.24. The Labute approximate surface area is 118 Å².